The lowest BCUT2D eigenvalue weighted by molar-refractivity contribution is -0.162. The standard InChI is InChI=1S/C8H14F3NO/c1-4-12(5-8(9,10)11)7(13)6(2)3/h6H,4-5H2,1-3H3. The van der Waals surface area contributed by atoms with E-state index >= 15 is 0 Å². The summed E-state index contributed by atoms with van der Waals surface area (Å²) < 4.78 is 35.8. The molecule has 0 bridgehead atoms. The first-order valence-electron chi connectivity index (χ1n) is 4.13. The van der Waals surface area contributed by atoms with Crippen LogP contribution in [0.2, 0.25) is 0 Å². The first kappa shape index (κ1) is 12.3. The van der Waals surface area contributed by atoms with Crippen LogP contribution in [0.1, 0.15) is 20.8 Å². The Morgan fingerprint density at radius 1 is 1.38 bits per heavy atom. The van der Waals surface area contributed by atoms with Gasteiger partial charge < -0.3 is 4.90 Å². The van der Waals surface area contributed by atoms with E-state index in [-0.39, 0.29) is 12.5 Å². The minimum absolute atomic E-state index is 0.0938. The maximum absolute atomic E-state index is 11.9. The van der Waals surface area contributed by atoms with E-state index in [1.165, 1.54) is 6.92 Å². The summed E-state index contributed by atoms with van der Waals surface area (Å²) in [5, 5.41) is 0. The molecule has 0 saturated heterocycles. The van der Waals surface area contributed by atoms with Gasteiger partial charge in [-0.05, 0) is 6.92 Å². The van der Waals surface area contributed by atoms with Gasteiger partial charge in [0.05, 0.1) is 0 Å². The summed E-state index contributed by atoms with van der Waals surface area (Å²) >= 11 is 0. The molecule has 0 aliphatic carbocycles. The zero-order chi connectivity index (χ0) is 10.6. The van der Waals surface area contributed by atoms with Crippen molar-refractivity contribution in [2.24, 2.45) is 5.92 Å². The molecular weight excluding hydrogens is 183 g/mol. The predicted octanol–water partition coefficient (Wildman–Crippen LogP) is 2.05. The Balaban J connectivity index is 4.27. The molecule has 0 aliphatic rings. The minimum atomic E-state index is -4.30. The summed E-state index contributed by atoms with van der Waals surface area (Å²) in [5.74, 6) is -0.845. The third-order valence-electron chi connectivity index (χ3n) is 1.56. The lowest BCUT2D eigenvalue weighted by Gasteiger charge is -2.23. The quantitative estimate of drug-likeness (QED) is 0.678. The Hall–Kier alpha value is -0.740. The SMILES string of the molecule is CCN(CC(F)(F)F)C(=O)C(C)C. The molecular formula is C8H14F3NO. The van der Waals surface area contributed by atoms with Crippen molar-refractivity contribution in [1.29, 1.82) is 0 Å². The van der Waals surface area contributed by atoms with Crippen molar-refractivity contribution in [3.05, 3.63) is 0 Å². The van der Waals surface area contributed by atoms with Gasteiger partial charge in [0.2, 0.25) is 5.91 Å². The highest BCUT2D eigenvalue weighted by molar-refractivity contribution is 5.78. The number of halogens is 3. The molecule has 0 N–H and O–H groups in total. The molecule has 0 fully saturated rings. The number of alkyl halides is 3. The highest BCUT2D eigenvalue weighted by Gasteiger charge is 2.32. The van der Waals surface area contributed by atoms with Crippen LogP contribution in [-0.2, 0) is 4.79 Å². The van der Waals surface area contributed by atoms with E-state index in [1.54, 1.807) is 13.8 Å². The number of carbonyl (C=O) groups is 1. The number of rotatable bonds is 3. The van der Waals surface area contributed by atoms with E-state index in [2.05, 4.69) is 0 Å². The molecule has 0 rings (SSSR count). The normalized spacial score (nSPS) is 11.9. The summed E-state index contributed by atoms with van der Waals surface area (Å²) in [6.07, 6.45) is -4.30. The highest BCUT2D eigenvalue weighted by atomic mass is 19.4. The zero-order valence-corrected chi connectivity index (χ0v) is 7.98. The second-order valence-corrected chi connectivity index (χ2v) is 3.12. The second kappa shape index (κ2) is 4.48. The lowest BCUT2D eigenvalue weighted by atomic mass is 10.2. The van der Waals surface area contributed by atoms with Gasteiger partial charge in [0.15, 0.2) is 0 Å². The highest BCUT2D eigenvalue weighted by Crippen LogP contribution is 2.17. The van der Waals surface area contributed by atoms with Crippen LogP contribution in [0.25, 0.3) is 0 Å². The maximum atomic E-state index is 11.9. The van der Waals surface area contributed by atoms with E-state index in [0.29, 0.717) is 0 Å². The van der Waals surface area contributed by atoms with Crippen LogP contribution in [0.3, 0.4) is 0 Å². The summed E-state index contributed by atoms with van der Waals surface area (Å²) in [5.41, 5.74) is 0. The molecule has 0 heterocycles. The van der Waals surface area contributed by atoms with E-state index in [9.17, 15) is 18.0 Å². The monoisotopic (exact) mass is 197 g/mol. The molecule has 0 saturated carbocycles. The molecule has 2 nitrogen and oxygen atoms in total. The summed E-state index contributed by atoms with van der Waals surface area (Å²) in [7, 11) is 0. The molecule has 0 atom stereocenters. The fraction of sp³-hybridized carbons (Fsp3) is 0.875. The van der Waals surface area contributed by atoms with Crippen molar-refractivity contribution in [1.82, 2.24) is 4.90 Å². The van der Waals surface area contributed by atoms with Crippen LogP contribution >= 0.6 is 0 Å². The van der Waals surface area contributed by atoms with Crippen molar-refractivity contribution >= 4 is 5.91 Å². The number of amides is 1. The van der Waals surface area contributed by atoms with Crippen LogP contribution in [-0.4, -0.2) is 30.1 Å². The van der Waals surface area contributed by atoms with E-state index in [4.69, 9.17) is 0 Å². The molecule has 78 valence electrons. The van der Waals surface area contributed by atoms with E-state index in [1.807, 2.05) is 0 Å². The van der Waals surface area contributed by atoms with Crippen LogP contribution in [0.5, 0.6) is 0 Å². The Bertz CT molecular complexity index is 177. The largest absolute Gasteiger partial charge is 0.406 e. The summed E-state index contributed by atoms with van der Waals surface area (Å²) in [6, 6.07) is 0. The van der Waals surface area contributed by atoms with Crippen molar-refractivity contribution in [3.63, 3.8) is 0 Å². The van der Waals surface area contributed by atoms with Crippen molar-refractivity contribution in [2.45, 2.75) is 26.9 Å². The van der Waals surface area contributed by atoms with Gasteiger partial charge in [0.1, 0.15) is 6.54 Å². The average Bonchev–Trinajstić information content (AvgIpc) is 1.97. The Morgan fingerprint density at radius 3 is 2.08 bits per heavy atom. The number of hydrogen-bond donors (Lipinski definition) is 0. The van der Waals surface area contributed by atoms with Gasteiger partial charge in [-0.1, -0.05) is 13.8 Å². The van der Waals surface area contributed by atoms with Crippen LogP contribution in [0.15, 0.2) is 0 Å². The van der Waals surface area contributed by atoms with Gasteiger partial charge in [-0.2, -0.15) is 13.2 Å². The van der Waals surface area contributed by atoms with Gasteiger partial charge in [-0.3, -0.25) is 4.79 Å². The molecule has 1 amide bonds. The molecule has 0 unspecified atom stereocenters. The topological polar surface area (TPSA) is 20.3 Å². The first-order chi connectivity index (χ1) is 5.78. The lowest BCUT2D eigenvalue weighted by Crippen LogP contribution is -2.40. The first-order valence-corrected chi connectivity index (χ1v) is 4.13. The molecule has 0 aromatic carbocycles. The van der Waals surface area contributed by atoms with Gasteiger partial charge >= 0.3 is 6.18 Å². The molecule has 0 spiro atoms. The molecule has 13 heavy (non-hydrogen) atoms. The Morgan fingerprint density at radius 2 is 1.85 bits per heavy atom. The van der Waals surface area contributed by atoms with E-state index < -0.39 is 18.6 Å². The molecule has 0 radical (unpaired) electrons. The number of nitrogens with zero attached hydrogens (tertiary/aromatic N) is 1. The summed E-state index contributed by atoms with van der Waals surface area (Å²) in [6.45, 7) is 3.64. The maximum Gasteiger partial charge on any atom is 0.406 e. The fourth-order valence-corrected chi connectivity index (χ4v) is 0.927. The average molecular weight is 197 g/mol. The van der Waals surface area contributed by atoms with Crippen molar-refractivity contribution < 1.29 is 18.0 Å². The van der Waals surface area contributed by atoms with Crippen LogP contribution in [0, 0.1) is 5.92 Å². The van der Waals surface area contributed by atoms with Gasteiger partial charge in [-0.15, -0.1) is 0 Å². The minimum Gasteiger partial charge on any atom is -0.334 e. The Kier molecular flexibility index (Phi) is 4.23. The number of hydrogen-bond acceptors (Lipinski definition) is 1. The fourth-order valence-electron chi connectivity index (χ4n) is 0.927. The van der Waals surface area contributed by atoms with Crippen LogP contribution < -0.4 is 0 Å². The van der Waals surface area contributed by atoms with E-state index in [0.717, 1.165) is 4.90 Å². The molecule has 5 heteroatoms. The van der Waals surface area contributed by atoms with Gasteiger partial charge in [-0.25, -0.2) is 0 Å². The predicted molar refractivity (Wildman–Crippen MR) is 43.1 cm³/mol. The summed E-state index contributed by atoms with van der Waals surface area (Å²) in [4.78, 5) is 12.0. The third kappa shape index (κ3) is 4.75. The van der Waals surface area contributed by atoms with Crippen molar-refractivity contribution in [3.8, 4) is 0 Å². The number of carbonyl (C=O) groups excluding carboxylic acids is 1. The van der Waals surface area contributed by atoms with Crippen molar-refractivity contribution in [2.75, 3.05) is 13.1 Å². The smallest absolute Gasteiger partial charge is 0.334 e. The second-order valence-electron chi connectivity index (χ2n) is 3.12. The zero-order valence-electron chi connectivity index (χ0n) is 7.98. The Labute approximate surface area is 75.7 Å². The molecule has 0 aliphatic heterocycles. The van der Waals surface area contributed by atoms with Crippen LogP contribution in [0.4, 0.5) is 13.2 Å². The third-order valence-corrected chi connectivity index (χ3v) is 1.56. The van der Waals surface area contributed by atoms with Gasteiger partial charge in [0, 0.05) is 12.5 Å². The molecule has 0 aromatic heterocycles. The van der Waals surface area contributed by atoms with Gasteiger partial charge in [0.25, 0.3) is 0 Å². The molecule has 0 aromatic rings.